The second-order valence-corrected chi connectivity index (χ2v) is 5.78. The second kappa shape index (κ2) is 7.50. The molecule has 0 aliphatic carbocycles. The topological polar surface area (TPSA) is 58.6 Å². The van der Waals surface area contributed by atoms with E-state index in [1.165, 1.54) is 0 Å². The lowest BCUT2D eigenvalue weighted by molar-refractivity contribution is -0.140. The number of hydrogen-bond donors (Lipinski definition) is 2. The number of ether oxygens (including phenoxy) is 1. The van der Waals surface area contributed by atoms with Gasteiger partial charge in [0.25, 0.3) is 0 Å². The Bertz CT molecular complexity index is 460. The molecule has 0 bridgehead atoms. The Hall–Kier alpha value is -1.26. The van der Waals surface area contributed by atoms with Crippen LogP contribution < -0.4 is 10.1 Å². The SMILES string of the molecule is CC(C)Oc1ccc(CN[C@H](C(=O)O)C(C)C)cc1Cl. The van der Waals surface area contributed by atoms with Crippen molar-refractivity contribution >= 4 is 17.6 Å². The van der Waals surface area contributed by atoms with Gasteiger partial charge in [0, 0.05) is 6.54 Å². The normalized spacial score (nSPS) is 12.8. The molecule has 0 saturated heterocycles. The van der Waals surface area contributed by atoms with Crippen LogP contribution >= 0.6 is 11.6 Å². The minimum absolute atomic E-state index is 0.0199. The van der Waals surface area contributed by atoms with E-state index in [1.807, 2.05) is 39.8 Å². The van der Waals surface area contributed by atoms with Crippen molar-refractivity contribution in [1.82, 2.24) is 5.32 Å². The molecule has 2 N–H and O–H groups in total. The summed E-state index contributed by atoms with van der Waals surface area (Å²) in [5.74, 6) is -0.179. The standard InChI is InChI=1S/C15H22ClNO3/c1-9(2)14(15(18)19)17-8-11-5-6-13(12(16)7-11)20-10(3)4/h5-7,9-10,14,17H,8H2,1-4H3,(H,18,19)/t14-/m0/s1. The van der Waals surface area contributed by atoms with E-state index < -0.39 is 12.0 Å². The lowest BCUT2D eigenvalue weighted by atomic mass is 10.0. The van der Waals surface area contributed by atoms with Crippen molar-refractivity contribution in [2.24, 2.45) is 5.92 Å². The first-order valence-electron chi connectivity index (χ1n) is 6.72. The highest BCUT2D eigenvalue weighted by molar-refractivity contribution is 6.32. The Balaban J connectivity index is 2.69. The predicted octanol–water partition coefficient (Wildman–Crippen LogP) is 3.33. The summed E-state index contributed by atoms with van der Waals surface area (Å²) >= 11 is 6.14. The highest BCUT2D eigenvalue weighted by Crippen LogP contribution is 2.26. The van der Waals surface area contributed by atoms with E-state index in [0.717, 1.165) is 5.56 Å². The Morgan fingerprint density at radius 2 is 2.00 bits per heavy atom. The minimum atomic E-state index is -0.842. The van der Waals surface area contributed by atoms with Crippen molar-refractivity contribution in [2.75, 3.05) is 0 Å². The third-order valence-electron chi connectivity index (χ3n) is 2.82. The van der Waals surface area contributed by atoms with Crippen molar-refractivity contribution in [3.05, 3.63) is 28.8 Å². The molecule has 20 heavy (non-hydrogen) atoms. The summed E-state index contributed by atoms with van der Waals surface area (Å²) in [4.78, 5) is 11.1. The van der Waals surface area contributed by atoms with Crippen LogP contribution in [0.5, 0.6) is 5.75 Å². The average molecular weight is 300 g/mol. The summed E-state index contributed by atoms with van der Waals surface area (Å²) in [6, 6.07) is 4.92. The van der Waals surface area contributed by atoms with Gasteiger partial charge in [0.15, 0.2) is 0 Å². The minimum Gasteiger partial charge on any atom is -0.489 e. The molecule has 0 spiro atoms. The van der Waals surface area contributed by atoms with Crippen molar-refractivity contribution in [3.63, 3.8) is 0 Å². The lowest BCUT2D eigenvalue weighted by Gasteiger charge is -2.18. The molecule has 0 unspecified atom stereocenters. The summed E-state index contributed by atoms with van der Waals surface area (Å²) in [5, 5.41) is 12.7. The molecule has 0 fully saturated rings. The Morgan fingerprint density at radius 3 is 2.45 bits per heavy atom. The molecular formula is C15H22ClNO3. The number of carboxylic acid groups (broad SMARTS) is 1. The van der Waals surface area contributed by atoms with Gasteiger partial charge in [0.1, 0.15) is 11.8 Å². The zero-order chi connectivity index (χ0) is 15.3. The molecular weight excluding hydrogens is 278 g/mol. The van der Waals surface area contributed by atoms with Crippen LogP contribution in [0, 0.1) is 5.92 Å². The highest BCUT2D eigenvalue weighted by atomic mass is 35.5. The van der Waals surface area contributed by atoms with Crippen molar-refractivity contribution < 1.29 is 14.6 Å². The van der Waals surface area contributed by atoms with Gasteiger partial charge in [-0.25, -0.2) is 0 Å². The highest BCUT2D eigenvalue weighted by Gasteiger charge is 2.20. The molecule has 0 radical (unpaired) electrons. The number of halogens is 1. The zero-order valence-electron chi connectivity index (χ0n) is 12.3. The third-order valence-corrected chi connectivity index (χ3v) is 3.11. The van der Waals surface area contributed by atoms with Gasteiger partial charge in [-0.2, -0.15) is 0 Å². The van der Waals surface area contributed by atoms with Gasteiger partial charge in [-0.05, 0) is 37.5 Å². The van der Waals surface area contributed by atoms with Crippen LogP contribution in [0.3, 0.4) is 0 Å². The fraction of sp³-hybridized carbons (Fsp3) is 0.533. The maximum atomic E-state index is 11.1. The monoisotopic (exact) mass is 299 g/mol. The van der Waals surface area contributed by atoms with Crippen LogP contribution in [0.15, 0.2) is 18.2 Å². The van der Waals surface area contributed by atoms with Crippen LogP contribution in [0.4, 0.5) is 0 Å². The van der Waals surface area contributed by atoms with Gasteiger partial charge < -0.3 is 15.2 Å². The van der Waals surface area contributed by atoms with E-state index in [0.29, 0.717) is 17.3 Å². The van der Waals surface area contributed by atoms with E-state index in [9.17, 15) is 4.79 Å². The van der Waals surface area contributed by atoms with Gasteiger partial charge in [-0.3, -0.25) is 4.79 Å². The van der Waals surface area contributed by atoms with E-state index >= 15 is 0 Å². The Morgan fingerprint density at radius 1 is 1.35 bits per heavy atom. The van der Waals surface area contributed by atoms with Gasteiger partial charge in [0.2, 0.25) is 0 Å². The molecule has 0 aromatic heterocycles. The summed E-state index contributed by atoms with van der Waals surface area (Å²) < 4.78 is 5.56. The molecule has 1 aromatic rings. The number of carbonyl (C=O) groups is 1. The summed E-state index contributed by atoms with van der Waals surface area (Å²) in [6.07, 6.45) is 0.0637. The first-order chi connectivity index (χ1) is 9.31. The molecule has 0 heterocycles. The molecule has 4 nitrogen and oxygen atoms in total. The summed E-state index contributed by atoms with van der Waals surface area (Å²) in [7, 11) is 0. The van der Waals surface area contributed by atoms with Crippen LogP contribution in [0.1, 0.15) is 33.3 Å². The molecule has 0 aliphatic heterocycles. The van der Waals surface area contributed by atoms with E-state index in [4.69, 9.17) is 21.4 Å². The van der Waals surface area contributed by atoms with E-state index in [1.54, 1.807) is 6.07 Å². The first-order valence-corrected chi connectivity index (χ1v) is 7.10. The van der Waals surface area contributed by atoms with Crippen LogP contribution in [-0.4, -0.2) is 23.2 Å². The van der Waals surface area contributed by atoms with E-state index in [-0.39, 0.29) is 12.0 Å². The molecule has 0 saturated carbocycles. The molecule has 1 atom stereocenters. The fourth-order valence-electron chi connectivity index (χ4n) is 1.84. The van der Waals surface area contributed by atoms with Crippen molar-refractivity contribution in [1.29, 1.82) is 0 Å². The van der Waals surface area contributed by atoms with Gasteiger partial charge >= 0.3 is 5.97 Å². The maximum absolute atomic E-state index is 11.1. The van der Waals surface area contributed by atoms with Gasteiger partial charge in [-0.1, -0.05) is 31.5 Å². The average Bonchev–Trinajstić information content (AvgIpc) is 2.31. The first kappa shape index (κ1) is 16.8. The molecule has 1 rings (SSSR count). The van der Waals surface area contributed by atoms with Crippen molar-refractivity contribution in [3.8, 4) is 5.75 Å². The lowest BCUT2D eigenvalue weighted by Crippen LogP contribution is -2.40. The molecule has 0 aliphatic rings. The van der Waals surface area contributed by atoms with Crippen molar-refractivity contribution in [2.45, 2.75) is 46.4 Å². The number of nitrogens with one attached hydrogen (secondary N) is 1. The molecule has 112 valence electrons. The number of hydrogen-bond acceptors (Lipinski definition) is 3. The quantitative estimate of drug-likeness (QED) is 0.811. The number of carboxylic acids is 1. The summed E-state index contributed by atoms with van der Waals surface area (Å²) in [6.45, 7) is 8.07. The number of rotatable bonds is 7. The second-order valence-electron chi connectivity index (χ2n) is 5.37. The van der Waals surface area contributed by atoms with E-state index in [2.05, 4.69) is 5.32 Å². The Kier molecular flexibility index (Phi) is 6.30. The third kappa shape index (κ3) is 5.02. The van der Waals surface area contributed by atoms with Crippen LogP contribution in [-0.2, 0) is 11.3 Å². The Labute approximate surface area is 125 Å². The van der Waals surface area contributed by atoms with Gasteiger partial charge in [0.05, 0.1) is 11.1 Å². The summed E-state index contributed by atoms with van der Waals surface area (Å²) in [5.41, 5.74) is 0.929. The zero-order valence-corrected chi connectivity index (χ0v) is 13.1. The van der Waals surface area contributed by atoms with Crippen LogP contribution in [0.25, 0.3) is 0 Å². The fourth-order valence-corrected chi connectivity index (χ4v) is 2.09. The van der Waals surface area contributed by atoms with Crippen LogP contribution in [0.2, 0.25) is 5.02 Å². The van der Waals surface area contributed by atoms with Gasteiger partial charge in [-0.15, -0.1) is 0 Å². The molecule has 5 heteroatoms. The smallest absolute Gasteiger partial charge is 0.320 e. The molecule has 0 amide bonds. The maximum Gasteiger partial charge on any atom is 0.320 e. The number of benzene rings is 1. The number of aliphatic carboxylic acids is 1. The predicted molar refractivity (Wildman–Crippen MR) is 80.3 cm³/mol. The molecule has 1 aromatic carbocycles. The largest absolute Gasteiger partial charge is 0.489 e.